The Bertz CT molecular complexity index is 469. The van der Waals surface area contributed by atoms with Crippen LogP contribution in [0.4, 0.5) is 0 Å². The molecule has 1 atom stereocenters. The molecule has 0 spiro atoms. The fraction of sp³-hybridized carbons (Fsp3) is 0.773. The normalized spacial score (nSPS) is 16.1. The Morgan fingerprint density at radius 3 is 1.93 bits per heavy atom. The number of nitrogens with one attached hydrogen (secondary N) is 1. The van der Waals surface area contributed by atoms with Gasteiger partial charge in [-0.25, -0.2) is 0 Å². The van der Waals surface area contributed by atoms with E-state index in [0.717, 1.165) is 18.6 Å². The summed E-state index contributed by atoms with van der Waals surface area (Å²) in [6.07, 6.45) is 23.2. The van der Waals surface area contributed by atoms with Gasteiger partial charge in [0.1, 0.15) is 0 Å². The summed E-state index contributed by atoms with van der Waals surface area (Å²) in [5.74, 6) is 1.08. The van der Waals surface area contributed by atoms with E-state index in [9.17, 15) is 14.8 Å². The highest BCUT2D eigenvalue weighted by Crippen LogP contribution is 2.14. The third kappa shape index (κ3) is 13.5. The molecule has 1 amide bonds. The second kappa shape index (κ2) is 17.2. The number of carbonyl (C=O) groups excluding carboxylic acids is 1. The van der Waals surface area contributed by atoms with E-state index in [4.69, 9.17) is 0 Å². The summed E-state index contributed by atoms with van der Waals surface area (Å²) in [6.45, 7) is 0. The van der Waals surface area contributed by atoms with E-state index in [2.05, 4.69) is 17.9 Å². The summed E-state index contributed by atoms with van der Waals surface area (Å²) in [4.78, 5) is 12.0. The molecular weight excluding hydrogens is 369 g/mol. The van der Waals surface area contributed by atoms with Gasteiger partial charge in [0.2, 0.25) is 5.91 Å². The van der Waals surface area contributed by atoms with Crippen molar-refractivity contribution in [2.24, 2.45) is 0 Å². The van der Waals surface area contributed by atoms with Crippen molar-refractivity contribution >= 4 is 25.7 Å². The van der Waals surface area contributed by atoms with Gasteiger partial charge in [-0.2, -0.15) is 12.6 Å². The molecule has 1 rings (SSSR count). The summed E-state index contributed by atoms with van der Waals surface area (Å²) < 4.78 is 0. The van der Waals surface area contributed by atoms with Crippen molar-refractivity contribution in [3.05, 3.63) is 23.7 Å². The molecular formula is C22H40BNO3S. The molecule has 1 unspecified atom stereocenters. The van der Waals surface area contributed by atoms with Crippen LogP contribution in [0, 0.1) is 0 Å². The standard InChI is InChI=1S/C22H40BNO3S/c25-22(24-21-16-14-15-20(19-21)23(26)27)17-12-10-8-6-4-2-1-3-5-7-9-11-13-18-28/h14-15,19,21,26-28H,1-13,16-18H2,(H,24,25). The summed E-state index contributed by atoms with van der Waals surface area (Å²) in [7, 11) is -1.47. The molecule has 0 aromatic carbocycles. The zero-order valence-electron chi connectivity index (χ0n) is 17.5. The second-order valence-electron chi connectivity index (χ2n) is 7.92. The van der Waals surface area contributed by atoms with Crippen LogP contribution in [0.2, 0.25) is 0 Å². The Kier molecular flexibility index (Phi) is 15.5. The molecule has 0 aromatic heterocycles. The lowest BCUT2D eigenvalue weighted by atomic mass is 9.76. The summed E-state index contributed by atoms with van der Waals surface area (Å²) in [5, 5.41) is 21.3. The molecule has 1 aliphatic carbocycles. The van der Waals surface area contributed by atoms with Gasteiger partial charge in [-0.05, 0) is 30.5 Å². The van der Waals surface area contributed by atoms with Crippen molar-refractivity contribution < 1.29 is 14.8 Å². The molecule has 0 fully saturated rings. The average Bonchev–Trinajstić information content (AvgIpc) is 2.68. The highest BCUT2D eigenvalue weighted by molar-refractivity contribution is 7.80. The molecule has 3 N–H and O–H groups in total. The first-order chi connectivity index (χ1) is 13.6. The summed E-state index contributed by atoms with van der Waals surface area (Å²) in [6, 6.07) is -0.128. The van der Waals surface area contributed by atoms with Crippen LogP contribution in [0.25, 0.3) is 0 Å². The van der Waals surface area contributed by atoms with Gasteiger partial charge in [0.15, 0.2) is 0 Å². The van der Waals surface area contributed by atoms with E-state index in [0.29, 0.717) is 18.3 Å². The van der Waals surface area contributed by atoms with E-state index in [1.54, 1.807) is 12.2 Å². The number of hydrogen-bond acceptors (Lipinski definition) is 4. The smallest absolute Gasteiger partial charge is 0.423 e. The lowest BCUT2D eigenvalue weighted by molar-refractivity contribution is -0.121. The van der Waals surface area contributed by atoms with Crippen LogP contribution in [0.5, 0.6) is 0 Å². The summed E-state index contributed by atoms with van der Waals surface area (Å²) >= 11 is 4.24. The van der Waals surface area contributed by atoms with Crippen LogP contribution in [0.1, 0.15) is 96.3 Å². The molecule has 0 saturated heterocycles. The monoisotopic (exact) mass is 409 g/mol. The van der Waals surface area contributed by atoms with Crippen molar-refractivity contribution in [3.8, 4) is 0 Å². The van der Waals surface area contributed by atoms with Crippen LogP contribution < -0.4 is 5.32 Å². The SMILES string of the molecule is O=C(CCCCCCCCCCCCCCCS)NC1C=C(B(O)O)C=CC1. The lowest BCUT2D eigenvalue weighted by Crippen LogP contribution is -2.35. The number of rotatable bonds is 17. The fourth-order valence-electron chi connectivity index (χ4n) is 3.60. The first kappa shape index (κ1) is 25.3. The quantitative estimate of drug-likeness (QED) is 0.159. The number of carbonyl (C=O) groups is 1. The Hall–Kier alpha value is -0.715. The van der Waals surface area contributed by atoms with E-state index < -0.39 is 7.12 Å². The zero-order valence-corrected chi connectivity index (χ0v) is 18.3. The van der Waals surface area contributed by atoms with Crippen molar-refractivity contribution in [2.75, 3.05) is 5.75 Å². The third-order valence-electron chi connectivity index (χ3n) is 5.30. The third-order valence-corrected chi connectivity index (χ3v) is 5.62. The van der Waals surface area contributed by atoms with Gasteiger partial charge in [-0.15, -0.1) is 0 Å². The van der Waals surface area contributed by atoms with E-state index in [-0.39, 0.29) is 11.9 Å². The first-order valence-corrected chi connectivity index (χ1v) is 11.9. The number of unbranched alkanes of at least 4 members (excludes halogenated alkanes) is 12. The predicted molar refractivity (Wildman–Crippen MR) is 122 cm³/mol. The van der Waals surface area contributed by atoms with Crippen LogP contribution in [-0.2, 0) is 4.79 Å². The van der Waals surface area contributed by atoms with Crippen molar-refractivity contribution in [1.29, 1.82) is 0 Å². The Labute approximate surface area is 177 Å². The maximum absolute atomic E-state index is 12.0. The first-order valence-electron chi connectivity index (χ1n) is 11.3. The molecule has 28 heavy (non-hydrogen) atoms. The number of hydrogen-bond donors (Lipinski definition) is 4. The Balaban J connectivity index is 1.88. The van der Waals surface area contributed by atoms with Gasteiger partial charge < -0.3 is 15.4 Å². The van der Waals surface area contributed by atoms with Crippen LogP contribution in [0.3, 0.4) is 0 Å². The molecule has 1 aliphatic rings. The van der Waals surface area contributed by atoms with Gasteiger partial charge in [0.25, 0.3) is 0 Å². The van der Waals surface area contributed by atoms with Crippen LogP contribution in [-0.4, -0.2) is 34.9 Å². The van der Waals surface area contributed by atoms with Gasteiger partial charge >= 0.3 is 7.12 Å². The van der Waals surface area contributed by atoms with E-state index >= 15 is 0 Å². The number of amides is 1. The van der Waals surface area contributed by atoms with Gasteiger partial charge in [-0.1, -0.05) is 88.9 Å². The van der Waals surface area contributed by atoms with Gasteiger partial charge in [0, 0.05) is 6.42 Å². The average molecular weight is 409 g/mol. The van der Waals surface area contributed by atoms with Crippen molar-refractivity contribution in [1.82, 2.24) is 5.32 Å². The molecule has 4 nitrogen and oxygen atoms in total. The van der Waals surface area contributed by atoms with Gasteiger partial charge in [0.05, 0.1) is 6.04 Å². The minimum absolute atomic E-state index is 0.0534. The van der Waals surface area contributed by atoms with Crippen molar-refractivity contribution in [2.45, 2.75) is 102 Å². The minimum Gasteiger partial charge on any atom is -0.423 e. The molecule has 0 aliphatic heterocycles. The number of thiol groups is 1. The maximum atomic E-state index is 12.0. The second-order valence-corrected chi connectivity index (χ2v) is 8.37. The minimum atomic E-state index is -1.47. The number of allylic oxidation sites excluding steroid dienone is 2. The zero-order chi connectivity index (χ0) is 20.5. The fourth-order valence-corrected chi connectivity index (χ4v) is 3.82. The van der Waals surface area contributed by atoms with E-state index in [1.165, 1.54) is 70.6 Å². The molecule has 0 bridgehead atoms. The van der Waals surface area contributed by atoms with Crippen LogP contribution >= 0.6 is 12.6 Å². The molecule has 0 saturated carbocycles. The molecule has 6 heteroatoms. The molecule has 0 heterocycles. The van der Waals surface area contributed by atoms with Crippen LogP contribution in [0.15, 0.2) is 23.7 Å². The highest BCUT2D eigenvalue weighted by Gasteiger charge is 2.18. The Morgan fingerprint density at radius 1 is 0.929 bits per heavy atom. The Morgan fingerprint density at radius 2 is 1.43 bits per heavy atom. The summed E-state index contributed by atoms with van der Waals surface area (Å²) in [5.41, 5.74) is 0.449. The van der Waals surface area contributed by atoms with E-state index in [1.807, 2.05) is 6.08 Å². The van der Waals surface area contributed by atoms with Crippen molar-refractivity contribution in [3.63, 3.8) is 0 Å². The molecule has 0 radical (unpaired) electrons. The predicted octanol–water partition coefficient (Wildman–Crippen LogP) is 4.76. The largest absolute Gasteiger partial charge is 0.488 e. The highest BCUT2D eigenvalue weighted by atomic mass is 32.1. The molecule has 0 aromatic rings. The maximum Gasteiger partial charge on any atom is 0.488 e. The lowest BCUT2D eigenvalue weighted by Gasteiger charge is -2.18. The van der Waals surface area contributed by atoms with Gasteiger partial charge in [-0.3, -0.25) is 4.79 Å². The molecule has 160 valence electrons. The topological polar surface area (TPSA) is 69.6 Å².